The third kappa shape index (κ3) is 3.37. The first-order chi connectivity index (χ1) is 8.69. The Morgan fingerprint density at radius 3 is 2.53 bits per heavy atom. The Labute approximate surface area is 112 Å². The number of hydrogen-bond acceptors (Lipinski definition) is 4. The number of carboxylic acids is 1. The van der Waals surface area contributed by atoms with Gasteiger partial charge in [0.25, 0.3) is 0 Å². The summed E-state index contributed by atoms with van der Waals surface area (Å²) < 4.78 is 10.7. The van der Waals surface area contributed by atoms with Crippen LogP contribution >= 0.6 is 0 Å². The number of amides is 1. The van der Waals surface area contributed by atoms with Crippen molar-refractivity contribution in [1.29, 1.82) is 0 Å². The van der Waals surface area contributed by atoms with E-state index < -0.39 is 23.7 Å². The molecular weight excluding hydrogens is 250 g/mol. The van der Waals surface area contributed by atoms with Crippen LogP contribution in [0.5, 0.6) is 0 Å². The van der Waals surface area contributed by atoms with Crippen molar-refractivity contribution in [3.8, 4) is 0 Å². The molecule has 2 aliphatic heterocycles. The van der Waals surface area contributed by atoms with Crippen LogP contribution in [-0.4, -0.2) is 41.0 Å². The number of alkyl carbamates (subject to hydrolysis) is 1. The van der Waals surface area contributed by atoms with Crippen molar-refractivity contribution in [2.45, 2.75) is 57.3 Å². The molecule has 3 fully saturated rings. The summed E-state index contributed by atoms with van der Waals surface area (Å²) in [6.45, 7) is 5.91. The van der Waals surface area contributed by atoms with Gasteiger partial charge in [-0.05, 0) is 39.5 Å². The van der Waals surface area contributed by atoms with Crippen molar-refractivity contribution < 1.29 is 24.2 Å². The van der Waals surface area contributed by atoms with E-state index in [1.165, 1.54) is 0 Å². The maximum Gasteiger partial charge on any atom is 0.408 e. The highest BCUT2D eigenvalue weighted by Gasteiger charge is 2.53. The molecule has 1 atom stereocenters. The summed E-state index contributed by atoms with van der Waals surface area (Å²) in [5, 5.41) is 11.6. The van der Waals surface area contributed by atoms with Crippen molar-refractivity contribution in [3.05, 3.63) is 0 Å². The number of hydrogen-bond donors (Lipinski definition) is 2. The summed E-state index contributed by atoms with van der Waals surface area (Å²) in [5.74, 6) is -0.491. The third-order valence-electron chi connectivity index (χ3n) is 3.51. The number of aliphatic carboxylic acids is 1. The zero-order valence-electron chi connectivity index (χ0n) is 11.6. The quantitative estimate of drug-likeness (QED) is 0.810. The van der Waals surface area contributed by atoms with Gasteiger partial charge in [-0.1, -0.05) is 0 Å². The molecule has 2 saturated heterocycles. The third-order valence-corrected chi connectivity index (χ3v) is 3.51. The molecular formula is C13H21NO5. The highest BCUT2D eigenvalue weighted by Crippen LogP contribution is 2.50. The van der Waals surface area contributed by atoms with E-state index in [0.29, 0.717) is 18.9 Å². The Morgan fingerprint density at radius 1 is 1.47 bits per heavy atom. The van der Waals surface area contributed by atoms with Crippen LogP contribution in [0.4, 0.5) is 4.79 Å². The summed E-state index contributed by atoms with van der Waals surface area (Å²) in [6.07, 6.45) is 1.39. The van der Waals surface area contributed by atoms with Gasteiger partial charge in [-0.2, -0.15) is 0 Å². The second-order valence-electron chi connectivity index (χ2n) is 6.51. The Hall–Kier alpha value is -1.30. The molecule has 0 aromatic rings. The first-order valence-electron chi connectivity index (χ1n) is 6.55. The monoisotopic (exact) mass is 271 g/mol. The second-order valence-corrected chi connectivity index (χ2v) is 6.51. The van der Waals surface area contributed by atoms with E-state index in [4.69, 9.17) is 9.47 Å². The van der Waals surface area contributed by atoms with Gasteiger partial charge in [-0.15, -0.1) is 0 Å². The lowest BCUT2D eigenvalue weighted by atomic mass is 9.71. The summed E-state index contributed by atoms with van der Waals surface area (Å²) >= 11 is 0. The molecule has 0 aromatic carbocycles. The van der Waals surface area contributed by atoms with Crippen molar-refractivity contribution in [1.82, 2.24) is 5.32 Å². The average molecular weight is 271 g/mol. The minimum Gasteiger partial charge on any atom is -0.480 e. The van der Waals surface area contributed by atoms with Gasteiger partial charge in [0.05, 0.1) is 12.2 Å². The van der Waals surface area contributed by atoms with Gasteiger partial charge in [0, 0.05) is 6.42 Å². The molecule has 3 aliphatic rings. The van der Waals surface area contributed by atoms with Crippen LogP contribution in [0.3, 0.4) is 0 Å². The molecule has 6 nitrogen and oxygen atoms in total. The summed E-state index contributed by atoms with van der Waals surface area (Å²) in [7, 11) is 0. The molecule has 1 aliphatic carbocycles. The summed E-state index contributed by atoms with van der Waals surface area (Å²) in [6, 6.07) is -0.964. The zero-order valence-corrected chi connectivity index (χ0v) is 11.6. The number of carboxylic acid groups (broad SMARTS) is 1. The van der Waals surface area contributed by atoms with Crippen molar-refractivity contribution >= 4 is 12.1 Å². The van der Waals surface area contributed by atoms with E-state index in [-0.39, 0.29) is 5.60 Å². The second kappa shape index (κ2) is 4.67. The van der Waals surface area contributed by atoms with Gasteiger partial charge in [0.1, 0.15) is 11.6 Å². The largest absolute Gasteiger partial charge is 0.480 e. The molecule has 6 heteroatoms. The number of carbonyl (C=O) groups is 2. The summed E-state index contributed by atoms with van der Waals surface area (Å²) in [5.41, 5.74) is -0.987. The molecule has 1 saturated carbocycles. The first-order valence-corrected chi connectivity index (χ1v) is 6.55. The molecule has 1 amide bonds. The van der Waals surface area contributed by atoms with Gasteiger partial charge in [0.15, 0.2) is 0 Å². The Balaban J connectivity index is 1.90. The van der Waals surface area contributed by atoms with Crippen LogP contribution in [0.15, 0.2) is 0 Å². The van der Waals surface area contributed by atoms with Crippen LogP contribution in [0.2, 0.25) is 0 Å². The van der Waals surface area contributed by atoms with Crippen molar-refractivity contribution in [2.75, 3.05) is 6.61 Å². The number of carbonyl (C=O) groups excluding carboxylic acids is 1. The van der Waals surface area contributed by atoms with Crippen LogP contribution in [0, 0.1) is 5.92 Å². The van der Waals surface area contributed by atoms with Crippen molar-refractivity contribution in [3.63, 3.8) is 0 Å². The molecule has 2 N–H and O–H groups in total. The van der Waals surface area contributed by atoms with E-state index in [1.807, 2.05) is 0 Å². The van der Waals surface area contributed by atoms with E-state index in [2.05, 4.69) is 5.32 Å². The SMILES string of the molecule is CC(C)(C)OC(=O)NC(CC12CC(CO1)C2)C(=O)O. The molecule has 1 unspecified atom stereocenters. The fourth-order valence-electron chi connectivity index (χ4n) is 2.77. The van der Waals surface area contributed by atoms with E-state index in [1.54, 1.807) is 20.8 Å². The van der Waals surface area contributed by atoms with Crippen LogP contribution < -0.4 is 5.32 Å². The number of fused-ring (bicyclic) bond motifs is 1. The molecule has 0 aromatic heterocycles. The highest BCUT2D eigenvalue weighted by atomic mass is 16.6. The van der Waals surface area contributed by atoms with Crippen LogP contribution in [0.25, 0.3) is 0 Å². The van der Waals surface area contributed by atoms with E-state index in [9.17, 15) is 14.7 Å². The maximum atomic E-state index is 11.6. The average Bonchev–Trinajstić information content (AvgIpc) is 2.72. The van der Waals surface area contributed by atoms with Crippen LogP contribution in [0.1, 0.15) is 40.0 Å². The van der Waals surface area contributed by atoms with Gasteiger partial charge in [-0.3, -0.25) is 0 Å². The Kier molecular flexibility index (Phi) is 3.47. The minimum absolute atomic E-state index is 0.304. The zero-order chi connectivity index (χ0) is 14.3. The molecule has 0 spiro atoms. The number of rotatable bonds is 4. The van der Waals surface area contributed by atoms with Gasteiger partial charge < -0.3 is 19.9 Å². The standard InChI is InChI=1S/C13H21NO5/c1-12(2,3)19-11(17)14-9(10(15)16)6-13-4-8(5-13)7-18-13/h8-9H,4-7H2,1-3H3,(H,14,17)(H,15,16). The van der Waals surface area contributed by atoms with Gasteiger partial charge >= 0.3 is 12.1 Å². The molecule has 19 heavy (non-hydrogen) atoms. The maximum absolute atomic E-state index is 11.6. The smallest absolute Gasteiger partial charge is 0.408 e. The van der Waals surface area contributed by atoms with Crippen molar-refractivity contribution in [2.24, 2.45) is 5.92 Å². The minimum atomic E-state index is -1.06. The Morgan fingerprint density at radius 2 is 2.11 bits per heavy atom. The normalized spacial score (nSPS) is 30.4. The number of ether oxygens (including phenoxy) is 2. The van der Waals surface area contributed by atoms with Gasteiger partial charge in [0.2, 0.25) is 0 Å². The topological polar surface area (TPSA) is 84.9 Å². The first kappa shape index (κ1) is 14.1. The molecule has 2 heterocycles. The molecule has 3 rings (SSSR count). The van der Waals surface area contributed by atoms with E-state index >= 15 is 0 Å². The fraction of sp³-hybridized carbons (Fsp3) is 0.846. The molecule has 2 bridgehead atoms. The predicted molar refractivity (Wildman–Crippen MR) is 66.8 cm³/mol. The lowest BCUT2D eigenvalue weighted by Gasteiger charge is -2.37. The highest BCUT2D eigenvalue weighted by molar-refractivity contribution is 5.80. The van der Waals surface area contributed by atoms with E-state index in [0.717, 1.165) is 12.8 Å². The molecule has 108 valence electrons. The van der Waals surface area contributed by atoms with Gasteiger partial charge in [-0.25, -0.2) is 9.59 Å². The lowest BCUT2D eigenvalue weighted by Crippen LogP contribution is -2.50. The lowest BCUT2D eigenvalue weighted by molar-refractivity contribution is -0.142. The molecule has 0 radical (unpaired) electrons. The number of nitrogens with one attached hydrogen (secondary N) is 1. The fourth-order valence-corrected chi connectivity index (χ4v) is 2.77. The Bertz CT molecular complexity index is 375. The summed E-state index contributed by atoms with van der Waals surface area (Å²) in [4.78, 5) is 22.8. The van der Waals surface area contributed by atoms with Crippen LogP contribution in [-0.2, 0) is 14.3 Å². The predicted octanol–water partition coefficient (Wildman–Crippen LogP) is 1.53.